The highest BCUT2D eigenvalue weighted by atomic mass is 19.3. The lowest BCUT2D eigenvalue weighted by atomic mass is 9.84. The lowest BCUT2D eigenvalue weighted by Crippen LogP contribution is -2.44. The van der Waals surface area contributed by atoms with Crippen molar-refractivity contribution in [2.24, 2.45) is 5.73 Å². The molecule has 0 radical (unpaired) electrons. The van der Waals surface area contributed by atoms with Crippen LogP contribution in [0.4, 0.5) is 8.78 Å². The van der Waals surface area contributed by atoms with Gasteiger partial charge < -0.3 is 10.5 Å². The van der Waals surface area contributed by atoms with E-state index < -0.39 is 18.1 Å². The van der Waals surface area contributed by atoms with Gasteiger partial charge in [-0.15, -0.1) is 0 Å². The first-order chi connectivity index (χ1) is 9.08. The van der Waals surface area contributed by atoms with Crippen molar-refractivity contribution < 1.29 is 13.5 Å². The molecule has 0 aromatic heterocycles. The van der Waals surface area contributed by atoms with Gasteiger partial charge in [0.05, 0.1) is 5.60 Å². The minimum Gasteiger partial charge on any atom is -0.367 e. The number of hydrogen-bond donors (Lipinski definition) is 1. The third kappa shape index (κ3) is 3.51. The molecule has 2 N–H and O–H groups in total. The quantitative estimate of drug-likeness (QED) is 0.888. The first-order valence-corrected chi connectivity index (χ1v) is 6.85. The number of hydrogen-bond acceptors (Lipinski definition) is 2. The highest BCUT2D eigenvalue weighted by Gasteiger charge is 2.38. The molecule has 1 saturated carbocycles. The first kappa shape index (κ1) is 14.4. The van der Waals surface area contributed by atoms with Gasteiger partial charge in [-0.2, -0.15) is 8.78 Å². The van der Waals surface area contributed by atoms with E-state index in [1.54, 1.807) is 18.2 Å². The van der Waals surface area contributed by atoms with Gasteiger partial charge in [0.2, 0.25) is 0 Å². The van der Waals surface area contributed by atoms with Crippen molar-refractivity contribution in [1.29, 1.82) is 0 Å². The Balaban J connectivity index is 2.00. The predicted molar refractivity (Wildman–Crippen MR) is 71.2 cm³/mol. The summed E-state index contributed by atoms with van der Waals surface area (Å²) in [5.74, 6) is -2.96. The molecule has 0 saturated heterocycles. The van der Waals surface area contributed by atoms with Gasteiger partial charge in [0.15, 0.2) is 0 Å². The number of benzene rings is 1. The Labute approximate surface area is 112 Å². The van der Waals surface area contributed by atoms with Crippen molar-refractivity contribution in [3.05, 3.63) is 35.9 Å². The third-order valence-electron chi connectivity index (χ3n) is 3.89. The lowest BCUT2D eigenvalue weighted by Gasteiger charge is -2.37. The van der Waals surface area contributed by atoms with Crippen molar-refractivity contribution in [3.63, 3.8) is 0 Å². The van der Waals surface area contributed by atoms with Crippen LogP contribution in [0.3, 0.4) is 0 Å². The first-order valence-electron chi connectivity index (χ1n) is 6.85. The van der Waals surface area contributed by atoms with E-state index in [0.717, 1.165) is 32.1 Å². The molecule has 0 unspecified atom stereocenters. The van der Waals surface area contributed by atoms with Gasteiger partial charge in [0.1, 0.15) is 6.61 Å². The molecule has 0 spiro atoms. The van der Waals surface area contributed by atoms with E-state index >= 15 is 0 Å². The summed E-state index contributed by atoms with van der Waals surface area (Å²) in [6.45, 7) is -0.272. The van der Waals surface area contributed by atoms with Crippen LogP contribution in [-0.2, 0) is 10.7 Å². The van der Waals surface area contributed by atoms with Gasteiger partial charge in [0.25, 0.3) is 5.92 Å². The van der Waals surface area contributed by atoms with E-state index in [-0.39, 0.29) is 5.56 Å². The number of nitrogens with two attached hydrogens (primary N) is 1. The van der Waals surface area contributed by atoms with E-state index in [4.69, 9.17) is 10.5 Å². The molecule has 2 rings (SSSR count). The van der Waals surface area contributed by atoms with E-state index in [1.165, 1.54) is 12.1 Å². The molecule has 0 amide bonds. The van der Waals surface area contributed by atoms with Crippen LogP contribution < -0.4 is 5.73 Å². The highest BCUT2D eigenvalue weighted by Crippen LogP contribution is 2.35. The Morgan fingerprint density at radius 3 is 2.32 bits per heavy atom. The molecule has 1 aliphatic carbocycles. The summed E-state index contributed by atoms with van der Waals surface area (Å²) in [6.07, 6.45) is 4.73. The molecule has 1 aromatic carbocycles. The summed E-state index contributed by atoms with van der Waals surface area (Å²) in [4.78, 5) is 0. The molecule has 0 bridgehead atoms. The Morgan fingerprint density at radius 2 is 1.74 bits per heavy atom. The van der Waals surface area contributed by atoms with Gasteiger partial charge in [-0.1, -0.05) is 49.6 Å². The molecular weight excluding hydrogens is 248 g/mol. The van der Waals surface area contributed by atoms with Crippen molar-refractivity contribution in [1.82, 2.24) is 0 Å². The number of ether oxygens (including phenoxy) is 1. The minimum absolute atomic E-state index is 0.00187. The Morgan fingerprint density at radius 1 is 1.11 bits per heavy atom. The largest absolute Gasteiger partial charge is 0.367 e. The maximum atomic E-state index is 14.1. The molecule has 0 atom stereocenters. The van der Waals surface area contributed by atoms with Crippen LogP contribution >= 0.6 is 0 Å². The van der Waals surface area contributed by atoms with Crippen LogP contribution in [0, 0.1) is 0 Å². The fraction of sp³-hybridized carbons (Fsp3) is 0.600. The fourth-order valence-corrected chi connectivity index (χ4v) is 2.61. The number of alkyl halides is 2. The molecule has 1 aromatic rings. The molecule has 1 aliphatic rings. The van der Waals surface area contributed by atoms with Crippen LogP contribution in [0.25, 0.3) is 0 Å². The summed E-state index contributed by atoms with van der Waals surface area (Å²) in [5.41, 5.74) is 5.19. The van der Waals surface area contributed by atoms with Crippen molar-refractivity contribution in [2.45, 2.75) is 43.6 Å². The van der Waals surface area contributed by atoms with E-state index in [9.17, 15) is 8.78 Å². The molecule has 0 aliphatic heterocycles. The zero-order chi connectivity index (χ0) is 13.8. The monoisotopic (exact) mass is 269 g/mol. The van der Waals surface area contributed by atoms with E-state index in [2.05, 4.69) is 0 Å². The fourth-order valence-electron chi connectivity index (χ4n) is 2.61. The molecule has 0 heterocycles. The summed E-state index contributed by atoms with van der Waals surface area (Å²) < 4.78 is 33.7. The Kier molecular flexibility index (Phi) is 4.53. The van der Waals surface area contributed by atoms with Gasteiger partial charge in [-0.3, -0.25) is 0 Å². The van der Waals surface area contributed by atoms with Gasteiger partial charge >= 0.3 is 0 Å². The molecular formula is C15H21F2NO. The Bertz CT molecular complexity index is 388. The van der Waals surface area contributed by atoms with E-state index in [1.807, 2.05) is 0 Å². The standard InChI is InChI=1S/C15H21F2NO/c16-15(17,13-7-3-1-4-8-13)12-19-14(11-18)9-5-2-6-10-14/h1,3-4,7-8H,2,5-6,9-12,18H2. The van der Waals surface area contributed by atoms with Gasteiger partial charge in [-0.05, 0) is 12.8 Å². The average Bonchev–Trinajstić information content (AvgIpc) is 2.47. The average molecular weight is 269 g/mol. The normalized spacial score (nSPS) is 19.3. The lowest BCUT2D eigenvalue weighted by molar-refractivity contribution is -0.150. The van der Waals surface area contributed by atoms with Crippen LogP contribution in [0.1, 0.15) is 37.7 Å². The van der Waals surface area contributed by atoms with Crippen LogP contribution in [0.2, 0.25) is 0 Å². The van der Waals surface area contributed by atoms with Crippen molar-refractivity contribution >= 4 is 0 Å². The van der Waals surface area contributed by atoms with Gasteiger partial charge in [0, 0.05) is 12.1 Å². The summed E-state index contributed by atoms with van der Waals surface area (Å²) in [5, 5.41) is 0. The SMILES string of the molecule is NCC1(OCC(F)(F)c2ccccc2)CCCCC1. The minimum atomic E-state index is -2.96. The zero-order valence-electron chi connectivity index (χ0n) is 11.1. The van der Waals surface area contributed by atoms with Crippen LogP contribution in [0.15, 0.2) is 30.3 Å². The van der Waals surface area contributed by atoms with E-state index in [0.29, 0.717) is 6.54 Å². The zero-order valence-corrected chi connectivity index (χ0v) is 11.1. The second-order valence-corrected chi connectivity index (χ2v) is 5.31. The highest BCUT2D eigenvalue weighted by molar-refractivity contribution is 5.20. The van der Waals surface area contributed by atoms with Crippen LogP contribution in [0.5, 0.6) is 0 Å². The Hall–Kier alpha value is -1.00. The van der Waals surface area contributed by atoms with Crippen molar-refractivity contribution in [3.8, 4) is 0 Å². The number of rotatable bonds is 5. The van der Waals surface area contributed by atoms with Crippen LogP contribution in [-0.4, -0.2) is 18.8 Å². The molecule has 4 heteroatoms. The topological polar surface area (TPSA) is 35.2 Å². The molecule has 106 valence electrons. The maximum Gasteiger partial charge on any atom is 0.296 e. The third-order valence-corrected chi connectivity index (χ3v) is 3.89. The summed E-state index contributed by atoms with van der Waals surface area (Å²) in [6, 6.07) is 7.81. The second-order valence-electron chi connectivity index (χ2n) is 5.31. The second kappa shape index (κ2) is 5.97. The smallest absolute Gasteiger partial charge is 0.296 e. The predicted octanol–water partition coefficient (Wildman–Crippen LogP) is 3.46. The maximum absolute atomic E-state index is 14.1. The van der Waals surface area contributed by atoms with Gasteiger partial charge in [-0.25, -0.2) is 0 Å². The molecule has 19 heavy (non-hydrogen) atoms. The summed E-state index contributed by atoms with van der Waals surface area (Å²) in [7, 11) is 0. The van der Waals surface area contributed by atoms with Crippen molar-refractivity contribution in [2.75, 3.05) is 13.2 Å². The molecule has 2 nitrogen and oxygen atoms in total. The summed E-state index contributed by atoms with van der Waals surface area (Å²) >= 11 is 0. The molecule has 1 fully saturated rings. The number of halogens is 2.